The molecule has 0 unspecified atom stereocenters. The van der Waals surface area contributed by atoms with Crippen molar-refractivity contribution in [2.24, 2.45) is 9.98 Å². The molecule has 0 saturated heterocycles. The van der Waals surface area contributed by atoms with Crippen LogP contribution in [0.5, 0.6) is 11.5 Å². The summed E-state index contributed by atoms with van der Waals surface area (Å²) in [4.78, 5) is 8.51. The number of rotatable bonds is 10. The van der Waals surface area contributed by atoms with Crippen molar-refractivity contribution in [3.63, 3.8) is 0 Å². The van der Waals surface area contributed by atoms with Crippen LogP contribution in [0.4, 0.5) is 0 Å². The fraction of sp³-hybridized carbons (Fsp3) is 0.300. The molecule has 0 aromatic heterocycles. The van der Waals surface area contributed by atoms with Crippen LogP contribution in [0.2, 0.25) is 0 Å². The van der Waals surface area contributed by atoms with Crippen LogP contribution in [0.25, 0.3) is 5.32 Å². The molecule has 0 aliphatic rings. The monoisotopic (exact) mass is 395 g/mol. The van der Waals surface area contributed by atoms with Gasteiger partial charge in [-0.15, -0.1) is 24.6 Å². The number of benzene rings is 2. The predicted molar refractivity (Wildman–Crippen MR) is 99.0 cm³/mol. The minimum absolute atomic E-state index is 0. The average Bonchev–Trinajstić information content (AvgIpc) is 2.62. The molecule has 0 atom stereocenters. The van der Waals surface area contributed by atoms with E-state index in [9.17, 15) is 10.2 Å². The molecule has 0 saturated carbocycles. The number of hydrogen-bond acceptors (Lipinski definition) is 4. The maximum Gasteiger partial charge on any atom is 3.00 e. The molecule has 26 heavy (non-hydrogen) atoms. The summed E-state index contributed by atoms with van der Waals surface area (Å²) in [6.07, 6.45) is 4.99. The Morgan fingerprint density at radius 1 is 0.731 bits per heavy atom. The first-order valence-corrected chi connectivity index (χ1v) is 8.42. The topological polar surface area (TPSA) is 84.9 Å². The van der Waals surface area contributed by atoms with Crippen molar-refractivity contribution in [1.82, 2.24) is 0 Å². The number of para-hydroxylation sites is 2. The fourth-order valence-corrected chi connectivity index (χ4v) is 2.16. The van der Waals surface area contributed by atoms with Gasteiger partial charge in [0.2, 0.25) is 0 Å². The van der Waals surface area contributed by atoms with Crippen LogP contribution in [-0.2, 0) is 16.8 Å². The molecule has 138 valence electrons. The molecular formula is C20H22CoN3O2. The Kier molecular flexibility index (Phi) is 11.0. The van der Waals surface area contributed by atoms with Gasteiger partial charge in [-0.3, -0.25) is 9.98 Å². The third-order valence-corrected chi connectivity index (χ3v) is 3.51. The van der Waals surface area contributed by atoms with Gasteiger partial charge >= 0.3 is 16.8 Å². The third-order valence-electron chi connectivity index (χ3n) is 3.51. The summed E-state index contributed by atoms with van der Waals surface area (Å²) in [6.45, 7) is 2.83. The second-order valence-corrected chi connectivity index (χ2v) is 5.52. The molecule has 0 amide bonds. The van der Waals surface area contributed by atoms with Gasteiger partial charge in [-0.05, 0) is 11.1 Å². The molecule has 0 spiro atoms. The first-order chi connectivity index (χ1) is 12.3. The molecule has 5 nitrogen and oxygen atoms in total. The Labute approximate surface area is 165 Å². The van der Waals surface area contributed by atoms with Gasteiger partial charge in [-0.2, -0.15) is 0 Å². The summed E-state index contributed by atoms with van der Waals surface area (Å²) in [7, 11) is 0. The summed E-state index contributed by atoms with van der Waals surface area (Å²) < 4.78 is 0. The van der Waals surface area contributed by atoms with E-state index in [1.807, 2.05) is 12.1 Å². The van der Waals surface area contributed by atoms with E-state index in [0.29, 0.717) is 24.2 Å². The summed E-state index contributed by atoms with van der Waals surface area (Å²) >= 11 is 0. The predicted octanol–water partition coefficient (Wildman–Crippen LogP) is 2.52. The zero-order valence-corrected chi connectivity index (χ0v) is 15.5. The van der Waals surface area contributed by atoms with Gasteiger partial charge in [0.05, 0.1) is 0 Å². The molecule has 2 aromatic rings. The quantitative estimate of drug-likeness (QED) is 0.457. The van der Waals surface area contributed by atoms with Gasteiger partial charge in [0, 0.05) is 25.5 Å². The van der Waals surface area contributed by atoms with E-state index < -0.39 is 0 Å². The Bertz CT molecular complexity index is 645. The van der Waals surface area contributed by atoms with E-state index in [-0.39, 0.29) is 28.3 Å². The smallest absolute Gasteiger partial charge is 0.872 e. The second-order valence-electron chi connectivity index (χ2n) is 5.52. The Hall–Kier alpha value is -2.15. The van der Waals surface area contributed by atoms with Crippen molar-refractivity contribution in [2.45, 2.75) is 12.8 Å². The number of aliphatic imine (C=N–C) groups is 2. The number of nitrogens with zero attached hydrogens (tertiary/aromatic N) is 3. The Morgan fingerprint density at radius 3 is 1.58 bits per heavy atom. The fourth-order valence-electron chi connectivity index (χ4n) is 2.16. The minimum atomic E-state index is -0.00362. The molecule has 0 aliphatic carbocycles. The van der Waals surface area contributed by atoms with Gasteiger partial charge in [0.25, 0.3) is 0 Å². The van der Waals surface area contributed by atoms with Crippen molar-refractivity contribution >= 4 is 12.4 Å². The Morgan fingerprint density at radius 2 is 1.15 bits per heavy atom. The standard InChI is InChI=1S/C20H24N3O2.Co/c24-19-9-3-1-7-17(19)15-22-13-5-11-21-12-6-14-23-16-18-8-2-4-10-20(18)25;/h1-4,7-10,15-16,24-25H,5-6,11-14H2;/q-1;+3/p-2. The molecule has 2 rings (SSSR count). The van der Waals surface area contributed by atoms with Crippen LogP contribution < -0.4 is 10.2 Å². The Balaban J connectivity index is 0.00000338. The molecule has 0 aliphatic heterocycles. The summed E-state index contributed by atoms with van der Waals surface area (Å²) in [6, 6.07) is 13.7. The molecular weight excluding hydrogens is 373 g/mol. The molecule has 0 bridgehead atoms. The summed E-state index contributed by atoms with van der Waals surface area (Å²) in [5.74, 6) is -0.00723. The zero-order valence-electron chi connectivity index (χ0n) is 14.5. The van der Waals surface area contributed by atoms with Crippen LogP contribution in [0.3, 0.4) is 0 Å². The second kappa shape index (κ2) is 13.1. The molecule has 0 heterocycles. The van der Waals surface area contributed by atoms with E-state index in [4.69, 9.17) is 0 Å². The van der Waals surface area contributed by atoms with Gasteiger partial charge in [-0.25, -0.2) is 0 Å². The first kappa shape index (κ1) is 21.9. The van der Waals surface area contributed by atoms with Crippen LogP contribution in [-0.4, -0.2) is 38.6 Å². The van der Waals surface area contributed by atoms with Crippen molar-refractivity contribution < 1.29 is 27.0 Å². The van der Waals surface area contributed by atoms with E-state index in [1.54, 1.807) is 36.7 Å². The maximum absolute atomic E-state index is 11.5. The van der Waals surface area contributed by atoms with Crippen LogP contribution >= 0.6 is 0 Å². The van der Waals surface area contributed by atoms with Crippen LogP contribution in [0, 0.1) is 0 Å². The van der Waals surface area contributed by atoms with E-state index in [1.165, 1.54) is 12.1 Å². The van der Waals surface area contributed by atoms with Gasteiger partial charge in [-0.1, -0.05) is 61.4 Å². The minimum Gasteiger partial charge on any atom is -0.872 e. The summed E-state index contributed by atoms with van der Waals surface area (Å²) in [5.41, 5.74) is 1.24. The van der Waals surface area contributed by atoms with Gasteiger partial charge in [0.15, 0.2) is 0 Å². The first-order valence-electron chi connectivity index (χ1n) is 8.42. The van der Waals surface area contributed by atoms with Crippen LogP contribution in [0.1, 0.15) is 24.0 Å². The molecule has 0 N–H and O–H groups in total. The van der Waals surface area contributed by atoms with E-state index in [0.717, 1.165) is 25.9 Å². The SMILES string of the molecule is [Co+3].[O-]c1ccccc1C=NCCC[N-]CCCN=Cc1ccccc1[O-]. The normalized spacial score (nSPS) is 11.1. The van der Waals surface area contributed by atoms with E-state index in [2.05, 4.69) is 15.3 Å². The zero-order chi connectivity index (χ0) is 17.7. The number of hydrogen-bond donors (Lipinski definition) is 0. The molecule has 2 aromatic carbocycles. The average molecular weight is 395 g/mol. The van der Waals surface area contributed by atoms with Gasteiger partial charge in [0.1, 0.15) is 0 Å². The summed E-state index contributed by atoms with van der Waals surface area (Å²) in [5, 5.41) is 27.4. The third kappa shape index (κ3) is 8.29. The largest absolute Gasteiger partial charge is 3.00 e. The maximum atomic E-state index is 11.5. The van der Waals surface area contributed by atoms with Crippen molar-refractivity contribution in [2.75, 3.05) is 26.2 Å². The van der Waals surface area contributed by atoms with Crippen molar-refractivity contribution in [3.8, 4) is 11.5 Å². The van der Waals surface area contributed by atoms with Crippen molar-refractivity contribution in [3.05, 3.63) is 65.0 Å². The van der Waals surface area contributed by atoms with Crippen molar-refractivity contribution in [1.29, 1.82) is 0 Å². The molecule has 0 fully saturated rings. The molecule has 0 radical (unpaired) electrons. The van der Waals surface area contributed by atoms with E-state index >= 15 is 0 Å². The molecule has 6 heteroatoms. The van der Waals surface area contributed by atoms with Crippen LogP contribution in [0.15, 0.2) is 58.5 Å². The van der Waals surface area contributed by atoms with Gasteiger partial charge < -0.3 is 15.5 Å².